The van der Waals surface area contributed by atoms with E-state index >= 15 is 0 Å². The van der Waals surface area contributed by atoms with Gasteiger partial charge in [-0.15, -0.1) is 0 Å². The first-order valence-corrected chi connectivity index (χ1v) is 44.1. The number of hydrogen-bond acceptors (Lipinski definition) is 5. The highest BCUT2D eigenvalue weighted by molar-refractivity contribution is 5.76. The van der Waals surface area contributed by atoms with Gasteiger partial charge >= 0.3 is 5.97 Å². The Balaban J connectivity index is 3.35. The van der Waals surface area contributed by atoms with Crippen molar-refractivity contribution in [3.63, 3.8) is 0 Å². The Kier molecular flexibility index (Phi) is 83.3. The van der Waals surface area contributed by atoms with Gasteiger partial charge in [0.05, 0.1) is 25.4 Å². The standard InChI is InChI=1S/C89H173NO5/c1-3-5-7-9-11-13-15-17-19-21-22-23-24-38-41-44-47-50-53-57-61-65-69-73-77-81-87(92)86(85-91)90-88(93)82-78-74-70-66-62-58-54-51-48-45-42-39-36-34-32-30-28-26-25-27-29-31-33-35-37-40-43-46-49-52-56-60-64-68-72-76-80-84-95-89(94)83-79-75-71-67-63-59-55-20-18-16-14-12-10-8-6-4-2/h25,27,77,81,86-87,91-92H,3-24,26,28-76,78-80,82-85H2,1-2H3,(H,90,93)/b27-25-,81-77+. The molecule has 0 aliphatic rings. The lowest BCUT2D eigenvalue weighted by atomic mass is 10.0. The highest BCUT2D eigenvalue weighted by Crippen LogP contribution is 2.21. The van der Waals surface area contributed by atoms with Gasteiger partial charge in [0.25, 0.3) is 0 Å². The van der Waals surface area contributed by atoms with Crippen LogP contribution in [0.3, 0.4) is 0 Å². The summed E-state index contributed by atoms with van der Waals surface area (Å²) >= 11 is 0. The summed E-state index contributed by atoms with van der Waals surface area (Å²) in [5.41, 5.74) is 0. The van der Waals surface area contributed by atoms with Crippen molar-refractivity contribution in [1.82, 2.24) is 5.32 Å². The van der Waals surface area contributed by atoms with Gasteiger partial charge in [-0.1, -0.05) is 462 Å². The summed E-state index contributed by atoms with van der Waals surface area (Å²) in [7, 11) is 0. The average molecular weight is 1340 g/mol. The van der Waals surface area contributed by atoms with Crippen LogP contribution < -0.4 is 5.32 Å². The summed E-state index contributed by atoms with van der Waals surface area (Å²) in [4.78, 5) is 24.7. The lowest BCUT2D eigenvalue weighted by Crippen LogP contribution is -2.45. The molecule has 0 aromatic rings. The number of rotatable bonds is 84. The fourth-order valence-corrected chi connectivity index (χ4v) is 14.3. The molecule has 1 amide bonds. The highest BCUT2D eigenvalue weighted by Gasteiger charge is 2.18. The molecule has 0 fully saturated rings. The van der Waals surface area contributed by atoms with Crippen LogP contribution >= 0.6 is 0 Å². The molecule has 6 nitrogen and oxygen atoms in total. The molecule has 0 bridgehead atoms. The normalized spacial score (nSPS) is 12.5. The third-order valence-corrected chi connectivity index (χ3v) is 21.0. The van der Waals surface area contributed by atoms with Gasteiger partial charge in [-0.05, 0) is 57.8 Å². The summed E-state index contributed by atoms with van der Waals surface area (Å²) in [5, 5.41) is 23.3. The van der Waals surface area contributed by atoms with E-state index in [0.29, 0.717) is 19.4 Å². The number of carbonyl (C=O) groups is 2. The predicted molar refractivity (Wildman–Crippen MR) is 421 cm³/mol. The number of ether oxygens (including phenoxy) is 1. The van der Waals surface area contributed by atoms with E-state index < -0.39 is 12.1 Å². The number of allylic oxidation sites excluding steroid dienone is 3. The van der Waals surface area contributed by atoms with Gasteiger partial charge in [0.2, 0.25) is 5.91 Å². The van der Waals surface area contributed by atoms with Crippen molar-refractivity contribution < 1.29 is 24.5 Å². The number of nitrogens with one attached hydrogen (secondary N) is 1. The molecule has 0 saturated heterocycles. The number of aliphatic hydroxyl groups is 2. The molecule has 6 heteroatoms. The third-order valence-electron chi connectivity index (χ3n) is 21.0. The summed E-state index contributed by atoms with van der Waals surface area (Å²) < 4.78 is 5.52. The minimum Gasteiger partial charge on any atom is -0.466 e. The third kappa shape index (κ3) is 81.2. The lowest BCUT2D eigenvalue weighted by molar-refractivity contribution is -0.143. The molecule has 0 rings (SSSR count). The smallest absolute Gasteiger partial charge is 0.305 e. The molecule has 0 radical (unpaired) electrons. The number of unbranched alkanes of at least 4 members (excludes halogenated alkanes) is 71. The number of aliphatic hydroxyl groups excluding tert-OH is 2. The van der Waals surface area contributed by atoms with E-state index in [1.54, 1.807) is 6.08 Å². The number of esters is 1. The second-order valence-corrected chi connectivity index (χ2v) is 30.6. The van der Waals surface area contributed by atoms with Crippen molar-refractivity contribution in [2.45, 2.75) is 520 Å². The number of hydrogen-bond donors (Lipinski definition) is 3. The van der Waals surface area contributed by atoms with Gasteiger partial charge in [-0.3, -0.25) is 9.59 Å². The second kappa shape index (κ2) is 84.8. The fourth-order valence-electron chi connectivity index (χ4n) is 14.3. The van der Waals surface area contributed by atoms with Crippen LogP contribution in [0.2, 0.25) is 0 Å². The Morgan fingerprint density at radius 2 is 0.495 bits per heavy atom. The zero-order valence-electron chi connectivity index (χ0n) is 64.9. The van der Waals surface area contributed by atoms with Crippen LogP contribution in [0.5, 0.6) is 0 Å². The second-order valence-electron chi connectivity index (χ2n) is 30.6. The molecular weight excluding hydrogens is 1160 g/mol. The van der Waals surface area contributed by atoms with Gasteiger partial charge < -0.3 is 20.3 Å². The minimum absolute atomic E-state index is 0.0260. The molecule has 564 valence electrons. The van der Waals surface area contributed by atoms with Gasteiger partial charge in [0.15, 0.2) is 0 Å². The van der Waals surface area contributed by atoms with Gasteiger partial charge in [0.1, 0.15) is 0 Å². The van der Waals surface area contributed by atoms with Gasteiger partial charge in [0, 0.05) is 12.8 Å². The van der Waals surface area contributed by atoms with Crippen LogP contribution in [0.4, 0.5) is 0 Å². The Labute approximate surface area is 596 Å². The number of carbonyl (C=O) groups excluding carboxylic acids is 2. The van der Waals surface area contributed by atoms with Crippen LogP contribution in [-0.2, 0) is 14.3 Å². The largest absolute Gasteiger partial charge is 0.466 e. The molecule has 0 aromatic heterocycles. The predicted octanol–water partition coefficient (Wildman–Crippen LogP) is 29.6. The van der Waals surface area contributed by atoms with E-state index in [9.17, 15) is 19.8 Å². The minimum atomic E-state index is -0.843. The first-order chi connectivity index (χ1) is 47.0. The van der Waals surface area contributed by atoms with Crippen LogP contribution in [0, 0.1) is 0 Å². The Hall–Kier alpha value is -1.66. The molecule has 2 unspecified atom stereocenters. The van der Waals surface area contributed by atoms with E-state index in [-0.39, 0.29) is 18.5 Å². The maximum Gasteiger partial charge on any atom is 0.305 e. The van der Waals surface area contributed by atoms with Crippen LogP contribution in [0.1, 0.15) is 508 Å². The lowest BCUT2D eigenvalue weighted by Gasteiger charge is -2.20. The Morgan fingerprint density at radius 1 is 0.284 bits per heavy atom. The van der Waals surface area contributed by atoms with Crippen LogP contribution in [0.25, 0.3) is 0 Å². The molecule has 0 aromatic carbocycles. The van der Waals surface area contributed by atoms with Crippen molar-refractivity contribution in [3.05, 3.63) is 24.3 Å². The van der Waals surface area contributed by atoms with E-state index in [4.69, 9.17) is 4.74 Å². The maximum atomic E-state index is 12.6. The van der Waals surface area contributed by atoms with Crippen LogP contribution in [0.15, 0.2) is 24.3 Å². The van der Waals surface area contributed by atoms with E-state index in [0.717, 1.165) is 38.5 Å². The van der Waals surface area contributed by atoms with E-state index in [1.807, 2.05) is 6.08 Å². The average Bonchev–Trinajstić information content (AvgIpc) is 2.26. The first-order valence-electron chi connectivity index (χ1n) is 44.1. The zero-order chi connectivity index (χ0) is 68.4. The van der Waals surface area contributed by atoms with Gasteiger partial charge in [-0.25, -0.2) is 0 Å². The zero-order valence-corrected chi connectivity index (χ0v) is 64.9. The van der Waals surface area contributed by atoms with Crippen molar-refractivity contribution in [3.8, 4) is 0 Å². The van der Waals surface area contributed by atoms with Crippen molar-refractivity contribution >= 4 is 11.9 Å². The molecular formula is C89H173NO5. The fraction of sp³-hybridized carbons (Fsp3) is 0.933. The van der Waals surface area contributed by atoms with Crippen molar-refractivity contribution in [1.29, 1.82) is 0 Å². The van der Waals surface area contributed by atoms with E-state index in [1.165, 1.54) is 443 Å². The first kappa shape index (κ1) is 93.3. The molecule has 0 heterocycles. The summed E-state index contributed by atoms with van der Waals surface area (Å²) in [5.74, 6) is -0.0319. The molecule has 0 saturated carbocycles. The molecule has 2 atom stereocenters. The summed E-state index contributed by atoms with van der Waals surface area (Å²) in [6.45, 7) is 4.97. The maximum absolute atomic E-state index is 12.6. The molecule has 0 spiro atoms. The van der Waals surface area contributed by atoms with Crippen molar-refractivity contribution in [2.24, 2.45) is 0 Å². The van der Waals surface area contributed by atoms with Crippen molar-refractivity contribution in [2.75, 3.05) is 13.2 Å². The SMILES string of the molecule is CCCCCCCCCCCCCCCCCCCCCCCCC/C=C/C(O)C(CO)NC(=O)CCCCCCCCCCCCCCCCCCC/C=C\CCCCCCCCCCCCCCCCCCOC(=O)CCCCCCCCCCCCCCCCCC. The molecule has 95 heavy (non-hydrogen) atoms. The van der Waals surface area contributed by atoms with Crippen LogP contribution in [-0.4, -0.2) is 47.4 Å². The highest BCUT2D eigenvalue weighted by atomic mass is 16.5. The monoisotopic (exact) mass is 1340 g/mol. The summed E-state index contributed by atoms with van der Waals surface area (Å²) in [6, 6.07) is -0.626. The molecule has 3 N–H and O–H groups in total. The molecule has 0 aliphatic carbocycles. The Bertz CT molecular complexity index is 1500. The summed E-state index contributed by atoms with van der Waals surface area (Å²) in [6.07, 6.45) is 111. The van der Waals surface area contributed by atoms with Gasteiger partial charge in [-0.2, -0.15) is 0 Å². The topological polar surface area (TPSA) is 95.9 Å². The Morgan fingerprint density at radius 3 is 0.747 bits per heavy atom. The number of amides is 1. The molecule has 0 aliphatic heterocycles. The van der Waals surface area contributed by atoms with E-state index in [2.05, 4.69) is 31.3 Å². The quantitative estimate of drug-likeness (QED) is 0.0320.